The van der Waals surface area contributed by atoms with Gasteiger partial charge in [-0.05, 0) is 19.1 Å². The Balaban J connectivity index is 1.53. The molecule has 6 heteroatoms. The van der Waals surface area contributed by atoms with Gasteiger partial charge in [-0.1, -0.05) is 42.0 Å². The predicted octanol–water partition coefficient (Wildman–Crippen LogP) is 3.30. The molecule has 0 amide bonds. The van der Waals surface area contributed by atoms with E-state index in [1.165, 1.54) is 11.9 Å². The van der Waals surface area contributed by atoms with Crippen LogP contribution in [-0.4, -0.2) is 25.1 Å². The molecule has 0 aliphatic heterocycles. The topological polar surface area (TPSA) is 76.6 Å². The van der Waals surface area contributed by atoms with Crippen LogP contribution in [-0.2, 0) is 6.61 Å². The van der Waals surface area contributed by atoms with Gasteiger partial charge in [0.25, 0.3) is 0 Å². The van der Waals surface area contributed by atoms with Crippen molar-refractivity contribution < 1.29 is 4.74 Å². The molecule has 4 rings (SSSR count). The van der Waals surface area contributed by atoms with E-state index in [0.29, 0.717) is 17.5 Å². The van der Waals surface area contributed by atoms with Crippen molar-refractivity contribution in [1.29, 1.82) is 0 Å². The monoisotopic (exact) mass is 317 g/mol. The highest BCUT2D eigenvalue weighted by molar-refractivity contribution is 5.82. The van der Waals surface area contributed by atoms with Crippen LogP contribution < -0.4 is 4.74 Å². The third kappa shape index (κ3) is 2.81. The van der Waals surface area contributed by atoms with E-state index in [-0.39, 0.29) is 6.61 Å². The number of ether oxygens (including phenoxy) is 1. The van der Waals surface area contributed by atoms with Crippen LogP contribution >= 0.6 is 0 Å². The van der Waals surface area contributed by atoms with Crippen LogP contribution in [0.4, 0.5) is 0 Å². The zero-order chi connectivity index (χ0) is 16.4. The molecule has 24 heavy (non-hydrogen) atoms. The minimum absolute atomic E-state index is 0.264. The minimum atomic E-state index is 0.264. The summed E-state index contributed by atoms with van der Waals surface area (Å²) in [6.07, 6.45) is 1.50. The average molecular weight is 317 g/mol. The smallest absolute Gasteiger partial charge is 0.224 e. The Hall–Kier alpha value is -3.28. The first kappa shape index (κ1) is 14.3. The molecule has 0 atom stereocenters. The minimum Gasteiger partial charge on any atom is -0.469 e. The summed E-state index contributed by atoms with van der Waals surface area (Å²) >= 11 is 0. The Morgan fingerprint density at radius 3 is 2.71 bits per heavy atom. The lowest BCUT2D eigenvalue weighted by molar-refractivity contribution is 0.288. The molecule has 0 aliphatic carbocycles. The van der Waals surface area contributed by atoms with Gasteiger partial charge in [0, 0.05) is 5.56 Å². The molecule has 2 aromatic heterocycles. The number of benzene rings is 2. The molecule has 1 N–H and O–H groups in total. The van der Waals surface area contributed by atoms with Crippen LogP contribution in [0.1, 0.15) is 11.4 Å². The number of fused-ring (bicyclic) bond motifs is 1. The summed E-state index contributed by atoms with van der Waals surface area (Å²) in [6, 6.07) is 15.8. The zero-order valence-electron chi connectivity index (χ0n) is 13.1. The predicted molar refractivity (Wildman–Crippen MR) is 90.4 cm³/mol. The fourth-order valence-electron chi connectivity index (χ4n) is 2.42. The maximum atomic E-state index is 5.79. The van der Waals surface area contributed by atoms with Gasteiger partial charge in [0.1, 0.15) is 12.9 Å². The third-order valence-corrected chi connectivity index (χ3v) is 3.69. The van der Waals surface area contributed by atoms with Crippen molar-refractivity contribution in [2.45, 2.75) is 13.5 Å². The molecular weight excluding hydrogens is 302 g/mol. The Bertz CT molecular complexity index is 973. The number of hydrogen-bond donors (Lipinski definition) is 1. The number of aryl methyl sites for hydroxylation is 1. The van der Waals surface area contributed by atoms with Crippen LogP contribution in [0.3, 0.4) is 0 Å². The lowest BCUT2D eigenvalue weighted by atomic mass is 10.1. The highest BCUT2D eigenvalue weighted by atomic mass is 16.5. The number of para-hydroxylation sites is 1. The van der Waals surface area contributed by atoms with E-state index < -0.39 is 0 Å². The Kier molecular flexibility index (Phi) is 3.63. The second-order valence-corrected chi connectivity index (χ2v) is 5.46. The van der Waals surface area contributed by atoms with Crippen LogP contribution in [0.5, 0.6) is 5.88 Å². The van der Waals surface area contributed by atoms with Gasteiger partial charge in [-0.3, -0.25) is 5.10 Å². The van der Waals surface area contributed by atoms with Crippen molar-refractivity contribution in [1.82, 2.24) is 25.1 Å². The normalized spacial score (nSPS) is 10.9. The van der Waals surface area contributed by atoms with Crippen LogP contribution in [0.2, 0.25) is 0 Å². The fraction of sp³-hybridized carbons (Fsp3) is 0.111. The Morgan fingerprint density at radius 2 is 1.83 bits per heavy atom. The molecule has 0 spiro atoms. The number of hydrogen-bond acceptors (Lipinski definition) is 5. The second kappa shape index (κ2) is 6.08. The van der Waals surface area contributed by atoms with Crippen molar-refractivity contribution >= 4 is 10.9 Å². The molecule has 0 saturated heterocycles. The Labute approximate surface area is 138 Å². The van der Waals surface area contributed by atoms with E-state index >= 15 is 0 Å². The van der Waals surface area contributed by atoms with Crippen LogP contribution in [0.15, 0.2) is 54.9 Å². The zero-order valence-corrected chi connectivity index (χ0v) is 13.1. The number of aromatic amines is 1. The van der Waals surface area contributed by atoms with Crippen LogP contribution in [0, 0.1) is 6.92 Å². The van der Waals surface area contributed by atoms with Gasteiger partial charge in [0.15, 0.2) is 11.6 Å². The van der Waals surface area contributed by atoms with E-state index in [9.17, 15) is 0 Å². The molecule has 2 heterocycles. The highest BCUT2D eigenvalue weighted by Gasteiger charge is 2.08. The summed E-state index contributed by atoms with van der Waals surface area (Å²) in [4.78, 5) is 12.9. The average Bonchev–Trinajstić information content (AvgIpc) is 3.09. The second-order valence-electron chi connectivity index (χ2n) is 5.46. The fourth-order valence-corrected chi connectivity index (χ4v) is 2.42. The number of H-pyrrole nitrogens is 1. The molecule has 0 radical (unpaired) electrons. The standard InChI is InChI=1S/C18H15N5O/c1-12-6-8-13(9-7-12)17-21-16(22-23-17)10-24-18-14-4-2-3-5-15(14)19-11-20-18/h2-9,11H,10H2,1H3,(H,21,22,23). The molecule has 0 aliphatic rings. The van der Waals surface area contributed by atoms with Gasteiger partial charge in [0.05, 0.1) is 10.9 Å². The lowest BCUT2D eigenvalue weighted by Crippen LogP contribution is -2.00. The Morgan fingerprint density at radius 1 is 1.00 bits per heavy atom. The van der Waals surface area contributed by atoms with Crippen molar-refractivity contribution in [3.63, 3.8) is 0 Å². The van der Waals surface area contributed by atoms with Crippen molar-refractivity contribution in [2.75, 3.05) is 0 Å². The molecular formula is C18H15N5O. The first-order valence-electron chi connectivity index (χ1n) is 7.60. The van der Waals surface area contributed by atoms with E-state index in [1.807, 2.05) is 55.5 Å². The molecule has 0 bridgehead atoms. The van der Waals surface area contributed by atoms with E-state index in [2.05, 4.69) is 25.1 Å². The molecule has 118 valence electrons. The molecule has 2 aromatic carbocycles. The van der Waals surface area contributed by atoms with E-state index in [4.69, 9.17) is 4.74 Å². The summed E-state index contributed by atoms with van der Waals surface area (Å²) in [7, 11) is 0. The molecule has 0 unspecified atom stereocenters. The first-order valence-corrected chi connectivity index (χ1v) is 7.60. The third-order valence-electron chi connectivity index (χ3n) is 3.69. The van der Waals surface area contributed by atoms with Gasteiger partial charge < -0.3 is 4.74 Å². The molecule has 6 nitrogen and oxygen atoms in total. The van der Waals surface area contributed by atoms with Crippen molar-refractivity contribution in [3.8, 4) is 17.3 Å². The maximum Gasteiger partial charge on any atom is 0.224 e. The van der Waals surface area contributed by atoms with Gasteiger partial charge >= 0.3 is 0 Å². The largest absolute Gasteiger partial charge is 0.469 e. The van der Waals surface area contributed by atoms with Crippen molar-refractivity contribution in [3.05, 3.63) is 66.2 Å². The number of nitrogens with one attached hydrogen (secondary N) is 1. The molecule has 0 fully saturated rings. The number of nitrogens with zero attached hydrogens (tertiary/aromatic N) is 4. The van der Waals surface area contributed by atoms with Crippen molar-refractivity contribution in [2.24, 2.45) is 0 Å². The highest BCUT2D eigenvalue weighted by Crippen LogP contribution is 2.21. The summed E-state index contributed by atoms with van der Waals surface area (Å²) < 4.78 is 5.79. The summed E-state index contributed by atoms with van der Waals surface area (Å²) in [6.45, 7) is 2.31. The molecule has 0 saturated carbocycles. The van der Waals surface area contributed by atoms with Gasteiger partial charge in [-0.15, -0.1) is 0 Å². The first-order chi connectivity index (χ1) is 11.8. The maximum absolute atomic E-state index is 5.79. The lowest BCUT2D eigenvalue weighted by Gasteiger charge is -2.05. The van der Waals surface area contributed by atoms with E-state index in [1.54, 1.807) is 0 Å². The summed E-state index contributed by atoms with van der Waals surface area (Å²) in [5.41, 5.74) is 3.02. The number of aromatic nitrogens is 5. The van der Waals surface area contributed by atoms with Gasteiger partial charge in [-0.2, -0.15) is 5.10 Å². The van der Waals surface area contributed by atoms with Gasteiger partial charge in [-0.25, -0.2) is 15.0 Å². The molecule has 4 aromatic rings. The quantitative estimate of drug-likeness (QED) is 0.625. The summed E-state index contributed by atoms with van der Waals surface area (Å²) in [5, 5.41) is 8.02. The summed E-state index contributed by atoms with van der Waals surface area (Å²) in [5.74, 6) is 1.84. The SMILES string of the molecule is Cc1ccc(-c2n[nH]c(COc3ncnc4ccccc34)n2)cc1. The van der Waals surface area contributed by atoms with Crippen LogP contribution in [0.25, 0.3) is 22.3 Å². The van der Waals surface area contributed by atoms with Gasteiger partial charge in [0.2, 0.25) is 5.88 Å². The number of rotatable bonds is 4. The van der Waals surface area contributed by atoms with E-state index in [0.717, 1.165) is 16.5 Å².